The molecule has 4 nitrogen and oxygen atoms in total. The Morgan fingerprint density at radius 2 is 1.81 bits per heavy atom. The number of benzene rings is 2. The molecule has 1 aromatic heterocycles. The molecule has 106 valence electrons. The molecule has 0 saturated heterocycles. The molecule has 2 aromatic carbocycles. The SMILES string of the molecule is Cn1nc(Nc2ccccc2)nc1-c1ccc(Cl)cc1Cl. The Morgan fingerprint density at radius 3 is 2.52 bits per heavy atom. The normalized spacial score (nSPS) is 10.6. The van der Waals surface area contributed by atoms with E-state index in [1.807, 2.05) is 43.4 Å². The largest absolute Gasteiger partial charge is 0.323 e. The van der Waals surface area contributed by atoms with Gasteiger partial charge in [-0.3, -0.25) is 0 Å². The average molecular weight is 319 g/mol. The van der Waals surface area contributed by atoms with Gasteiger partial charge in [0.1, 0.15) is 0 Å². The number of hydrogen-bond acceptors (Lipinski definition) is 3. The van der Waals surface area contributed by atoms with Crippen molar-refractivity contribution >= 4 is 34.8 Å². The first-order valence-corrected chi connectivity index (χ1v) is 7.07. The summed E-state index contributed by atoms with van der Waals surface area (Å²) in [6, 6.07) is 15.1. The predicted octanol–water partition coefficient (Wildman–Crippen LogP) is 4.53. The van der Waals surface area contributed by atoms with Gasteiger partial charge in [0, 0.05) is 23.3 Å². The van der Waals surface area contributed by atoms with Crippen LogP contribution in [-0.2, 0) is 7.05 Å². The average Bonchev–Trinajstić information content (AvgIpc) is 2.80. The van der Waals surface area contributed by atoms with Gasteiger partial charge in [-0.1, -0.05) is 41.4 Å². The summed E-state index contributed by atoms with van der Waals surface area (Å²) in [6.07, 6.45) is 0. The lowest BCUT2D eigenvalue weighted by molar-refractivity contribution is 0.777. The molecule has 0 spiro atoms. The van der Waals surface area contributed by atoms with Crippen LogP contribution in [-0.4, -0.2) is 14.8 Å². The molecule has 1 N–H and O–H groups in total. The van der Waals surface area contributed by atoms with Crippen LogP contribution in [0.4, 0.5) is 11.6 Å². The minimum absolute atomic E-state index is 0.518. The Bertz CT molecular complexity index is 769. The maximum atomic E-state index is 6.22. The van der Waals surface area contributed by atoms with Gasteiger partial charge in [-0.2, -0.15) is 4.98 Å². The fourth-order valence-electron chi connectivity index (χ4n) is 1.99. The number of nitrogens with one attached hydrogen (secondary N) is 1. The van der Waals surface area contributed by atoms with E-state index in [1.54, 1.807) is 16.8 Å². The molecule has 3 rings (SSSR count). The van der Waals surface area contributed by atoms with Gasteiger partial charge < -0.3 is 5.32 Å². The standard InChI is InChI=1S/C15H12Cl2N4/c1-21-14(12-8-7-10(16)9-13(12)17)19-15(20-21)18-11-5-3-2-4-6-11/h2-9H,1H3,(H,18,20). The van der Waals surface area contributed by atoms with Gasteiger partial charge in [0.2, 0.25) is 5.95 Å². The Labute approximate surface area is 132 Å². The highest BCUT2D eigenvalue weighted by atomic mass is 35.5. The summed E-state index contributed by atoms with van der Waals surface area (Å²) in [6.45, 7) is 0. The van der Waals surface area contributed by atoms with E-state index in [4.69, 9.17) is 23.2 Å². The zero-order valence-corrected chi connectivity index (χ0v) is 12.7. The van der Waals surface area contributed by atoms with E-state index < -0.39 is 0 Å². The molecule has 0 aliphatic heterocycles. The lowest BCUT2D eigenvalue weighted by Gasteiger charge is -2.02. The van der Waals surface area contributed by atoms with Crippen LogP contribution < -0.4 is 5.32 Å². The first-order chi connectivity index (χ1) is 10.1. The second-order valence-corrected chi connectivity index (χ2v) is 5.34. The van der Waals surface area contributed by atoms with Crippen LogP contribution in [0.15, 0.2) is 48.5 Å². The van der Waals surface area contributed by atoms with E-state index in [0.717, 1.165) is 11.3 Å². The maximum absolute atomic E-state index is 6.22. The lowest BCUT2D eigenvalue weighted by atomic mass is 10.2. The van der Waals surface area contributed by atoms with Crippen molar-refractivity contribution in [3.8, 4) is 11.4 Å². The van der Waals surface area contributed by atoms with Crippen molar-refractivity contribution in [3.05, 3.63) is 58.6 Å². The minimum Gasteiger partial charge on any atom is -0.323 e. The van der Waals surface area contributed by atoms with Crippen molar-refractivity contribution in [2.45, 2.75) is 0 Å². The molecule has 0 aliphatic carbocycles. The van der Waals surface area contributed by atoms with Gasteiger partial charge in [0.25, 0.3) is 0 Å². The number of rotatable bonds is 3. The number of nitrogens with zero attached hydrogens (tertiary/aromatic N) is 3. The zero-order valence-electron chi connectivity index (χ0n) is 11.2. The van der Waals surface area contributed by atoms with Gasteiger partial charge >= 0.3 is 0 Å². The minimum atomic E-state index is 0.518. The topological polar surface area (TPSA) is 42.7 Å². The molecule has 0 fully saturated rings. The number of para-hydroxylation sites is 1. The monoisotopic (exact) mass is 318 g/mol. The Balaban J connectivity index is 1.94. The van der Waals surface area contributed by atoms with E-state index >= 15 is 0 Å². The third kappa shape index (κ3) is 3.01. The second kappa shape index (κ2) is 5.76. The van der Waals surface area contributed by atoms with Crippen LogP contribution in [0.2, 0.25) is 10.0 Å². The van der Waals surface area contributed by atoms with E-state index in [0.29, 0.717) is 21.8 Å². The highest BCUT2D eigenvalue weighted by Gasteiger charge is 2.13. The number of anilines is 2. The van der Waals surface area contributed by atoms with Crippen LogP contribution in [0.5, 0.6) is 0 Å². The van der Waals surface area contributed by atoms with Crippen molar-refractivity contribution in [3.63, 3.8) is 0 Å². The Morgan fingerprint density at radius 1 is 1.05 bits per heavy atom. The fraction of sp³-hybridized carbons (Fsp3) is 0.0667. The smallest absolute Gasteiger partial charge is 0.247 e. The Kier molecular flexibility index (Phi) is 3.82. The number of aryl methyl sites for hydroxylation is 1. The second-order valence-electron chi connectivity index (χ2n) is 4.50. The highest BCUT2D eigenvalue weighted by molar-refractivity contribution is 6.36. The first kappa shape index (κ1) is 13.9. The van der Waals surface area contributed by atoms with Crippen molar-refractivity contribution in [2.24, 2.45) is 7.05 Å². The van der Waals surface area contributed by atoms with Gasteiger partial charge in [-0.05, 0) is 30.3 Å². The van der Waals surface area contributed by atoms with Crippen molar-refractivity contribution in [1.82, 2.24) is 14.8 Å². The van der Waals surface area contributed by atoms with Crippen LogP contribution in [0, 0.1) is 0 Å². The van der Waals surface area contributed by atoms with E-state index in [2.05, 4.69) is 15.4 Å². The van der Waals surface area contributed by atoms with Crippen molar-refractivity contribution in [1.29, 1.82) is 0 Å². The van der Waals surface area contributed by atoms with Gasteiger partial charge in [0.15, 0.2) is 5.82 Å². The molecule has 0 unspecified atom stereocenters. The first-order valence-electron chi connectivity index (χ1n) is 6.32. The fourth-order valence-corrected chi connectivity index (χ4v) is 2.49. The summed E-state index contributed by atoms with van der Waals surface area (Å²) in [5.41, 5.74) is 1.72. The summed E-state index contributed by atoms with van der Waals surface area (Å²) >= 11 is 12.1. The van der Waals surface area contributed by atoms with Crippen LogP contribution in [0.25, 0.3) is 11.4 Å². The van der Waals surface area contributed by atoms with Crippen LogP contribution >= 0.6 is 23.2 Å². The zero-order chi connectivity index (χ0) is 14.8. The molecule has 0 saturated carbocycles. The molecule has 0 aliphatic rings. The van der Waals surface area contributed by atoms with Gasteiger partial charge in [-0.25, -0.2) is 4.68 Å². The summed E-state index contributed by atoms with van der Waals surface area (Å²) < 4.78 is 1.68. The molecule has 6 heteroatoms. The summed E-state index contributed by atoms with van der Waals surface area (Å²) in [5.74, 6) is 1.19. The van der Waals surface area contributed by atoms with E-state index in [9.17, 15) is 0 Å². The highest BCUT2D eigenvalue weighted by Crippen LogP contribution is 2.29. The maximum Gasteiger partial charge on any atom is 0.247 e. The van der Waals surface area contributed by atoms with Crippen molar-refractivity contribution < 1.29 is 0 Å². The molecule has 0 bridgehead atoms. The summed E-state index contributed by atoms with van der Waals surface area (Å²) in [4.78, 5) is 4.48. The summed E-state index contributed by atoms with van der Waals surface area (Å²) in [7, 11) is 1.82. The van der Waals surface area contributed by atoms with Crippen LogP contribution in [0.1, 0.15) is 0 Å². The third-order valence-corrected chi connectivity index (χ3v) is 3.51. The van der Waals surface area contributed by atoms with Gasteiger partial charge in [-0.15, -0.1) is 5.10 Å². The van der Waals surface area contributed by atoms with Crippen molar-refractivity contribution in [2.75, 3.05) is 5.32 Å². The van der Waals surface area contributed by atoms with E-state index in [-0.39, 0.29) is 0 Å². The van der Waals surface area contributed by atoms with Crippen LogP contribution in [0.3, 0.4) is 0 Å². The Hall–Kier alpha value is -2.04. The molecular formula is C15H12Cl2N4. The number of halogens is 2. The third-order valence-electron chi connectivity index (χ3n) is 2.97. The molecule has 3 aromatic rings. The molecule has 0 amide bonds. The summed E-state index contributed by atoms with van der Waals surface area (Å²) in [5, 5.41) is 8.64. The molecule has 0 radical (unpaired) electrons. The lowest BCUT2D eigenvalue weighted by Crippen LogP contribution is -1.95. The molecule has 0 atom stereocenters. The number of hydrogen-bond donors (Lipinski definition) is 1. The van der Waals surface area contributed by atoms with Gasteiger partial charge in [0.05, 0.1) is 5.02 Å². The van der Waals surface area contributed by atoms with E-state index in [1.165, 1.54) is 0 Å². The quantitative estimate of drug-likeness (QED) is 0.771. The molecule has 1 heterocycles. The molecular weight excluding hydrogens is 307 g/mol. The number of aromatic nitrogens is 3. The molecule has 21 heavy (non-hydrogen) atoms. The predicted molar refractivity (Wildman–Crippen MR) is 86.2 cm³/mol.